The van der Waals surface area contributed by atoms with E-state index >= 15 is 0 Å². The van der Waals surface area contributed by atoms with Crippen molar-refractivity contribution in [1.82, 2.24) is 10.2 Å². The van der Waals surface area contributed by atoms with Crippen LogP contribution in [0.4, 0.5) is 4.79 Å². The van der Waals surface area contributed by atoms with Gasteiger partial charge in [0, 0.05) is 19.7 Å². The van der Waals surface area contributed by atoms with Gasteiger partial charge < -0.3 is 24.4 Å². The van der Waals surface area contributed by atoms with Gasteiger partial charge in [-0.1, -0.05) is 30.3 Å². The first-order valence-electron chi connectivity index (χ1n) is 10.3. The number of esters is 1. The summed E-state index contributed by atoms with van der Waals surface area (Å²) in [6, 6.07) is 9.68. The van der Waals surface area contributed by atoms with E-state index in [4.69, 9.17) is 14.2 Å². The van der Waals surface area contributed by atoms with Crippen LogP contribution in [0.1, 0.15) is 45.6 Å². The number of benzene rings is 1. The van der Waals surface area contributed by atoms with E-state index in [0.29, 0.717) is 32.8 Å². The molecule has 1 N–H and O–H groups in total. The summed E-state index contributed by atoms with van der Waals surface area (Å²) >= 11 is 0. The first kappa shape index (κ1) is 23.2. The second-order valence-corrected chi connectivity index (χ2v) is 8.21. The zero-order chi connectivity index (χ0) is 21.1. The van der Waals surface area contributed by atoms with Crippen LogP contribution in [-0.4, -0.2) is 61.5 Å². The van der Waals surface area contributed by atoms with Crippen LogP contribution in [0.15, 0.2) is 30.3 Å². The van der Waals surface area contributed by atoms with E-state index in [-0.39, 0.29) is 24.7 Å². The van der Waals surface area contributed by atoms with E-state index in [1.165, 1.54) is 0 Å². The molecule has 1 fully saturated rings. The van der Waals surface area contributed by atoms with Crippen LogP contribution in [0.2, 0.25) is 0 Å². The molecule has 1 aromatic carbocycles. The highest BCUT2D eigenvalue weighted by molar-refractivity contribution is 5.72. The van der Waals surface area contributed by atoms with Gasteiger partial charge in [0.2, 0.25) is 0 Å². The van der Waals surface area contributed by atoms with Gasteiger partial charge in [0.1, 0.15) is 12.2 Å². The minimum atomic E-state index is -0.454. The summed E-state index contributed by atoms with van der Waals surface area (Å²) < 4.78 is 16.5. The molecule has 1 saturated heterocycles. The summed E-state index contributed by atoms with van der Waals surface area (Å²) in [7, 11) is 0. The highest BCUT2D eigenvalue weighted by atomic mass is 16.6. The van der Waals surface area contributed by atoms with Crippen molar-refractivity contribution in [3.63, 3.8) is 0 Å². The van der Waals surface area contributed by atoms with Gasteiger partial charge in [-0.05, 0) is 52.1 Å². The third-order valence-electron chi connectivity index (χ3n) is 4.45. The molecule has 0 unspecified atom stereocenters. The van der Waals surface area contributed by atoms with Gasteiger partial charge >= 0.3 is 12.1 Å². The van der Waals surface area contributed by atoms with E-state index in [0.717, 1.165) is 24.8 Å². The van der Waals surface area contributed by atoms with Crippen molar-refractivity contribution in [3.05, 3.63) is 35.9 Å². The van der Waals surface area contributed by atoms with Crippen molar-refractivity contribution in [2.45, 2.75) is 58.3 Å². The SMILES string of the molecule is CC(C)(C)OC(=O)CNCCCOC1CCN(C(=O)OCc2ccccc2)CC1. The minimum Gasteiger partial charge on any atom is -0.459 e. The highest BCUT2D eigenvalue weighted by Gasteiger charge is 2.24. The van der Waals surface area contributed by atoms with Gasteiger partial charge in [-0.25, -0.2) is 4.79 Å². The number of hydrogen-bond donors (Lipinski definition) is 1. The Morgan fingerprint density at radius 2 is 1.83 bits per heavy atom. The number of carbonyl (C=O) groups is 2. The fourth-order valence-electron chi connectivity index (χ4n) is 3.03. The Bertz CT molecular complexity index is 622. The van der Waals surface area contributed by atoms with Gasteiger partial charge in [0.05, 0.1) is 12.6 Å². The molecule has 29 heavy (non-hydrogen) atoms. The number of ether oxygens (including phenoxy) is 3. The minimum absolute atomic E-state index is 0.166. The van der Waals surface area contributed by atoms with Crippen molar-refractivity contribution < 1.29 is 23.8 Å². The van der Waals surface area contributed by atoms with Gasteiger partial charge in [-0.2, -0.15) is 0 Å². The van der Waals surface area contributed by atoms with Crippen LogP contribution in [0, 0.1) is 0 Å². The van der Waals surface area contributed by atoms with Crippen LogP contribution >= 0.6 is 0 Å². The molecule has 7 nitrogen and oxygen atoms in total. The molecule has 1 amide bonds. The third kappa shape index (κ3) is 9.76. The molecule has 0 radical (unpaired) electrons. The van der Waals surface area contributed by atoms with Gasteiger partial charge in [-0.3, -0.25) is 4.79 Å². The van der Waals surface area contributed by atoms with E-state index in [9.17, 15) is 9.59 Å². The molecule has 0 spiro atoms. The monoisotopic (exact) mass is 406 g/mol. The summed E-state index contributed by atoms with van der Waals surface area (Å²) in [6.45, 7) is 8.69. The number of nitrogens with zero attached hydrogens (tertiary/aromatic N) is 1. The van der Waals surface area contributed by atoms with Crippen LogP contribution in [-0.2, 0) is 25.6 Å². The predicted octanol–water partition coefficient (Wildman–Crippen LogP) is 3.13. The maximum atomic E-state index is 12.2. The maximum Gasteiger partial charge on any atom is 0.410 e. The Morgan fingerprint density at radius 3 is 2.48 bits per heavy atom. The van der Waals surface area contributed by atoms with Crippen LogP contribution in [0.3, 0.4) is 0 Å². The molecule has 1 aliphatic rings. The Hall–Kier alpha value is -2.12. The fourth-order valence-corrected chi connectivity index (χ4v) is 3.03. The number of hydrogen-bond acceptors (Lipinski definition) is 6. The molecule has 0 saturated carbocycles. The lowest BCUT2D eigenvalue weighted by atomic mass is 10.1. The maximum absolute atomic E-state index is 12.2. The predicted molar refractivity (Wildman–Crippen MR) is 111 cm³/mol. The first-order valence-corrected chi connectivity index (χ1v) is 10.3. The molecule has 1 heterocycles. The second-order valence-electron chi connectivity index (χ2n) is 8.21. The molecule has 2 rings (SSSR count). The Labute approximate surface area is 173 Å². The van der Waals surface area contributed by atoms with E-state index in [2.05, 4.69) is 5.32 Å². The lowest BCUT2D eigenvalue weighted by Crippen LogP contribution is -2.41. The quantitative estimate of drug-likeness (QED) is 0.502. The van der Waals surface area contributed by atoms with Crippen molar-refractivity contribution in [3.8, 4) is 0 Å². The van der Waals surface area contributed by atoms with Crippen LogP contribution in [0.5, 0.6) is 0 Å². The molecule has 0 bridgehead atoms. The average Bonchev–Trinajstić information content (AvgIpc) is 2.68. The van der Waals surface area contributed by atoms with Crippen molar-refractivity contribution >= 4 is 12.1 Å². The Balaban J connectivity index is 1.50. The Kier molecular flexibility index (Phi) is 9.41. The van der Waals surface area contributed by atoms with Crippen LogP contribution < -0.4 is 5.32 Å². The lowest BCUT2D eigenvalue weighted by Gasteiger charge is -2.31. The second kappa shape index (κ2) is 11.8. The zero-order valence-corrected chi connectivity index (χ0v) is 17.8. The summed E-state index contributed by atoms with van der Waals surface area (Å²) in [5.74, 6) is -0.245. The highest BCUT2D eigenvalue weighted by Crippen LogP contribution is 2.15. The Morgan fingerprint density at radius 1 is 1.14 bits per heavy atom. The largest absolute Gasteiger partial charge is 0.459 e. The summed E-state index contributed by atoms with van der Waals surface area (Å²) in [5.41, 5.74) is 0.532. The number of carbonyl (C=O) groups excluding carboxylic acids is 2. The van der Waals surface area contributed by atoms with Gasteiger partial charge in [0.15, 0.2) is 0 Å². The van der Waals surface area contributed by atoms with Crippen molar-refractivity contribution in [2.24, 2.45) is 0 Å². The topological polar surface area (TPSA) is 77.1 Å². The average molecular weight is 407 g/mol. The third-order valence-corrected chi connectivity index (χ3v) is 4.45. The molecule has 7 heteroatoms. The molecule has 0 atom stereocenters. The smallest absolute Gasteiger partial charge is 0.410 e. The molecule has 1 aromatic rings. The summed E-state index contributed by atoms with van der Waals surface area (Å²) in [5, 5.41) is 3.07. The van der Waals surface area contributed by atoms with Crippen molar-refractivity contribution in [1.29, 1.82) is 0 Å². The first-order chi connectivity index (χ1) is 13.8. The molecular weight excluding hydrogens is 372 g/mol. The molecule has 0 aromatic heterocycles. The summed E-state index contributed by atoms with van der Waals surface area (Å²) in [4.78, 5) is 25.5. The standard InChI is InChI=1S/C22H34N2O5/c1-22(2,3)29-20(25)16-23-12-7-15-27-19-10-13-24(14-11-19)21(26)28-17-18-8-5-4-6-9-18/h4-6,8-9,19,23H,7,10-17H2,1-3H3. The number of rotatable bonds is 9. The molecule has 1 aliphatic heterocycles. The number of nitrogens with one attached hydrogen (secondary N) is 1. The summed E-state index contributed by atoms with van der Waals surface area (Å²) in [6.07, 6.45) is 2.34. The van der Waals surface area contributed by atoms with E-state index in [1.54, 1.807) is 4.90 Å². The van der Waals surface area contributed by atoms with E-state index in [1.807, 2.05) is 51.1 Å². The number of amides is 1. The number of piperidine rings is 1. The molecule has 162 valence electrons. The molecular formula is C22H34N2O5. The zero-order valence-electron chi connectivity index (χ0n) is 17.8. The van der Waals surface area contributed by atoms with Crippen LogP contribution in [0.25, 0.3) is 0 Å². The van der Waals surface area contributed by atoms with Gasteiger partial charge in [0.25, 0.3) is 0 Å². The van der Waals surface area contributed by atoms with Gasteiger partial charge in [-0.15, -0.1) is 0 Å². The number of likely N-dealkylation sites (tertiary alicyclic amines) is 1. The normalized spacial score (nSPS) is 15.2. The fraction of sp³-hybridized carbons (Fsp3) is 0.636. The lowest BCUT2D eigenvalue weighted by molar-refractivity contribution is -0.153. The molecule has 0 aliphatic carbocycles. The van der Waals surface area contributed by atoms with Crippen molar-refractivity contribution in [2.75, 3.05) is 32.8 Å². The van der Waals surface area contributed by atoms with E-state index < -0.39 is 5.60 Å².